The number of anilines is 3. The molecule has 0 spiro atoms. The second-order valence-electron chi connectivity index (χ2n) is 14.1. The number of hydrogen-bond acceptors (Lipinski definition) is 2. The lowest BCUT2D eigenvalue weighted by molar-refractivity contribution is 0.669. The van der Waals surface area contributed by atoms with Crippen LogP contribution in [0.1, 0.15) is 0 Å². The maximum atomic E-state index is 6.79. The van der Waals surface area contributed by atoms with Crippen molar-refractivity contribution in [3.05, 3.63) is 200 Å². The Morgan fingerprint density at radius 3 is 1.74 bits per heavy atom. The standard InChI is InChI=1S/C52H33NO/c1-2-10-34(11-3-1)39-15-8-16-44(30-39)53(49-19-9-18-46-48-32-40-13-4-5-14-41(40)33-50(48)54-52(46)49)43-28-26-35(27-29-43)42-25-22-37-21-24-38-23-20-36-12-6-7-17-45(36)51(38)47(37)31-42/h1-33H. The van der Waals surface area contributed by atoms with E-state index in [0.29, 0.717) is 0 Å². The summed E-state index contributed by atoms with van der Waals surface area (Å²) in [5, 5.41) is 12.2. The maximum Gasteiger partial charge on any atom is 0.159 e. The van der Waals surface area contributed by atoms with Gasteiger partial charge in [-0.15, -0.1) is 0 Å². The van der Waals surface area contributed by atoms with Crippen molar-refractivity contribution in [2.24, 2.45) is 0 Å². The molecule has 11 aromatic rings. The molecule has 54 heavy (non-hydrogen) atoms. The highest BCUT2D eigenvalue weighted by Gasteiger charge is 2.20. The molecule has 0 aliphatic carbocycles. The minimum Gasteiger partial charge on any atom is -0.454 e. The van der Waals surface area contributed by atoms with Crippen LogP contribution in [0.5, 0.6) is 0 Å². The largest absolute Gasteiger partial charge is 0.454 e. The first-order valence-electron chi connectivity index (χ1n) is 18.5. The Morgan fingerprint density at radius 1 is 0.315 bits per heavy atom. The number of fused-ring (bicyclic) bond motifs is 9. The van der Waals surface area contributed by atoms with E-state index in [4.69, 9.17) is 4.42 Å². The molecule has 0 fully saturated rings. The van der Waals surface area contributed by atoms with Crippen molar-refractivity contribution in [2.45, 2.75) is 0 Å². The molecular formula is C52H33NO. The molecule has 0 unspecified atom stereocenters. The summed E-state index contributed by atoms with van der Waals surface area (Å²) in [4.78, 5) is 2.33. The lowest BCUT2D eigenvalue weighted by atomic mass is 9.94. The molecule has 1 heterocycles. The van der Waals surface area contributed by atoms with E-state index in [1.165, 1.54) is 59.8 Å². The van der Waals surface area contributed by atoms with Crippen molar-refractivity contribution < 1.29 is 4.42 Å². The zero-order valence-electron chi connectivity index (χ0n) is 29.4. The summed E-state index contributed by atoms with van der Waals surface area (Å²) in [7, 11) is 0. The summed E-state index contributed by atoms with van der Waals surface area (Å²) in [6, 6.07) is 72.2. The van der Waals surface area contributed by atoms with Gasteiger partial charge in [0.15, 0.2) is 5.58 Å². The van der Waals surface area contributed by atoms with Crippen LogP contribution < -0.4 is 4.90 Å². The van der Waals surface area contributed by atoms with E-state index in [0.717, 1.165) is 44.6 Å². The van der Waals surface area contributed by atoms with Gasteiger partial charge in [0.2, 0.25) is 0 Å². The van der Waals surface area contributed by atoms with Crippen LogP contribution in [0, 0.1) is 0 Å². The molecule has 10 aromatic carbocycles. The highest BCUT2D eigenvalue weighted by molar-refractivity contribution is 6.21. The first kappa shape index (κ1) is 30.5. The van der Waals surface area contributed by atoms with Gasteiger partial charge < -0.3 is 9.32 Å². The topological polar surface area (TPSA) is 16.4 Å². The number of furan rings is 1. The van der Waals surface area contributed by atoms with E-state index < -0.39 is 0 Å². The van der Waals surface area contributed by atoms with Crippen LogP contribution in [-0.2, 0) is 0 Å². The molecule has 0 atom stereocenters. The van der Waals surface area contributed by atoms with Crippen LogP contribution in [0.3, 0.4) is 0 Å². The molecular weight excluding hydrogens is 655 g/mol. The smallest absolute Gasteiger partial charge is 0.159 e. The molecule has 0 saturated heterocycles. The first-order valence-corrected chi connectivity index (χ1v) is 18.5. The second-order valence-corrected chi connectivity index (χ2v) is 14.1. The fourth-order valence-corrected chi connectivity index (χ4v) is 8.34. The van der Waals surface area contributed by atoms with Gasteiger partial charge in [-0.3, -0.25) is 0 Å². The Morgan fingerprint density at radius 2 is 0.907 bits per heavy atom. The van der Waals surface area contributed by atoms with E-state index in [-0.39, 0.29) is 0 Å². The zero-order chi connectivity index (χ0) is 35.6. The van der Waals surface area contributed by atoms with Crippen LogP contribution in [0.2, 0.25) is 0 Å². The van der Waals surface area contributed by atoms with Crippen molar-refractivity contribution in [1.82, 2.24) is 0 Å². The Labute approximate surface area is 312 Å². The summed E-state index contributed by atoms with van der Waals surface area (Å²) < 4.78 is 6.79. The van der Waals surface area contributed by atoms with Gasteiger partial charge in [0.1, 0.15) is 5.58 Å². The van der Waals surface area contributed by atoms with Crippen molar-refractivity contribution >= 4 is 82.1 Å². The molecule has 0 bridgehead atoms. The minimum absolute atomic E-state index is 0.866. The number of benzene rings is 10. The van der Waals surface area contributed by atoms with Gasteiger partial charge >= 0.3 is 0 Å². The fourth-order valence-electron chi connectivity index (χ4n) is 8.34. The summed E-state index contributed by atoms with van der Waals surface area (Å²) in [6.07, 6.45) is 0. The normalized spacial score (nSPS) is 11.7. The number of hydrogen-bond donors (Lipinski definition) is 0. The van der Waals surface area contributed by atoms with Gasteiger partial charge in [0, 0.05) is 22.1 Å². The SMILES string of the molecule is c1ccc(-c2cccc(N(c3ccc(-c4ccc5ccc6ccc7ccccc7c6c5c4)cc3)c3cccc4c3oc3cc5ccccc5cc34)c2)cc1. The second kappa shape index (κ2) is 12.2. The maximum absolute atomic E-state index is 6.79. The van der Waals surface area contributed by atoms with Crippen LogP contribution in [-0.4, -0.2) is 0 Å². The Kier molecular flexibility index (Phi) is 6.90. The quantitative estimate of drug-likeness (QED) is 0.168. The Balaban J connectivity index is 1.08. The van der Waals surface area contributed by atoms with Gasteiger partial charge in [-0.2, -0.15) is 0 Å². The zero-order valence-corrected chi connectivity index (χ0v) is 29.4. The molecule has 252 valence electrons. The van der Waals surface area contributed by atoms with Crippen molar-refractivity contribution in [1.29, 1.82) is 0 Å². The van der Waals surface area contributed by atoms with E-state index >= 15 is 0 Å². The molecule has 0 aliphatic rings. The highest BCUT2D eigenvalue weighted by Crippen LogP contribution is 2.44. The number of nitrogens with zero attached hydrogens (tertiary/aromatic N) is 1. The third-order valence-corrected chi connectivity index (χ3v) is 11.0. The van der Waals surface area contributed by atoms with Gasteiger partial charge in [-0.1, -0.05) is 152 Å². The molecule has 0 radical (unpaired) electrons. The van der Waals surface area contributed by atoms with Crippen LogP contribution in [0.25, 0.3) is 87.3 Å². The third kappa shape index (κ3) is 4.96. The van der Waals surface area contributed by atoms with Crippen LogP contribution in [0.4, 0.5) is 17.1 Å². The van der Waals surface area contributed by atoms with Gasteiger partial charge in [-0.25, -0.2) is 0 Å². The van der Waals surface area contributed by atoms with Crippen molar-refractivity contribution in [2.75, 3.05) is 4.90 Å². The lowest BCUT2D eigenvalue weighted by Crippen LogP contribution is -2.10. The number of rotatable bonds is 5. The van der Waals surface area contributed by atoms with E-state index in [9.17, 15) is 0 Å². The summed E-state index contributed by atoms with van der Waals surface area (Å²) in [5.41, 5.74) is 9.57. The third-order valence-electron chi connectivity index (χ3n) is 11.0. The summed E-state index contributed by atoms with van der Waals surface area (Å²) >= 11 is 0. The van der Waals surface area contributed by atoms with E-state index in [1.54, 1.807) is 0 Å². The molecule has 0 amide bonds. The molecule has 11 rings (SSSR count). The summed E-state index contributed by atoms with van der Waals surface area (Å²) in [6.45, 7) is 0. The molecule has 0 saturated carbocycles. The van der Waals surface area contributed by atoms with Crippen LogP contribution in [0.15, 0.2) is 205 Å². The molecule has 0 N–H and O–H groups in total. The summed E-state index contributed by atoms with van der Waals surface area (Å²) in [5.74, 6) is 0. The average molecular weight is 688 g/mol. The van der Waals surface area contributed by atoms with Gasteiger partial charge in [-0.05, 0) is 114 Å². The average Bonchev–Trinajstić information content (AvgIpc) is 3.61. The van der Waals surface area contributed by atoms with Crippen molar-refractivity contribution in [3.63, 3.8) is 0 Å². The minimum atomic E-state index is 0.866. The molecule has 2 heteroatoms. The lowest BCUT2D eigenvalue weighted by Gasteiger charge is -2.26. The van der Waals surface area contributed by atoms with Gasteiger partial charge in [0.25, 0.3) is 0 Å². The first-order chi connectivity index (χ1) is 26.7. The Hall–Kier alpha value is -7.16. The van der Waals surface area contributed by atoms with Crippen molar-refractivity contribution in [3.8, 4) is 22.3 Å². The Bertz CT molecular complexity index is 3210. The van der Waals surface area contributed by atoms with Crippen LogP contribution >= 0.6 is 0 Å². The van der Waals surface area contributed by atoms with E-state index in [1.807, 2.05) is 0 Å². The van der Waals surface area contributed by atoms with Gasteiger partial charge in [0.05, 0.1) is 5.69 Å². The predicted octanol–water partition coefficient (Wildman–Crippen LogP) is 15.0. The number of para-hydroxylation sites is 1. The molecule has 1 aromatic heterocycles. The monoisotopic (exact) mass is 687 g/mol. The van der Waals surface area contributed by atoms with E-state index in [2.05, 4.69) is 205 Å². The molecule has 0 aliphatic heterocycles. The molecule has 2 nitrogen and oxygen atoms in total. The fraction of sp³-hybridized carbons (Fsp3) is 0. The predicted molar refractivity (Wildman–Crippen MR) is 229 cm³/mol. The highest BCUT2D eigenvalue weighted by atomic mass is 16.3.